The van der Waals surface area contributed by atoms with E-state index in [0.29, 0.717) is 53.2 Å². The maximum absolute atomic E-state index is 13.7. The number of nitrogens with zero attached hydrogens (tertiary/aromatic N) is 4. The molecule has 0 spiro atoms. The molecule has 1 heterocycles. The fraction of sp³-hybridized carbons (Fsp3) is 0.310. The largest absolute Gasteiger partial charge is 0.494 e. The van der Waals surface area contributed by atoms with Gasteiger partial charge in [0.15, 0.2) is 5.54 Å². The Morgan fingerprint density at radius 1 is 1.12 bits per heavy atom. The summed E-state index contributed by atoms with van der Waals surface area (Å²) in [4.78, 5) is 21.4. The van der Waals surface area contributed by atoms with Crippen molar-refractivity contribution in [3.63, 3.8) is 0 Å². The number of azide groups is 1. The molecular formula is C29H29Cl2N5O4. The van der Waals surface area contributed by atoms with Crippen LogP contribution in [0.1, 0.15) is 28.7 Å². The zero-order valence-electron chi connectivity index (χ0n) is 21.7. The van der Waals surface area contributed by atoms with Crippen molar-refractivity contribution in [2.24, 2.45) is 10.1 Å². The Bertz CT molecular complexity index is 1410. The average Bonchev–Trinajstić information content (AvgIpc) is 3.39. The smallest absolute Gasteiger partial charge is 0.251 e. The number of hydrogen-bond acceptors (Lipinski definition) is 6. The van der Waals surface area contributed by atoms with E-state index >= 15 is 0 Å². The first-order valence-electron chi connectivity index (χ1n) is 12.8. The normalized spacial score (nSPS) is 16.0. The van der Waals surface area contributed by atoms with Crippen molar-refractivity contribution < 1.29 is 19.4 Å². The third kappa shape index (κ3) is 7.46. The molecule has 0 unspecified atom stereocenters. The van der Waals surface area contributed by atoms with Crippen molar-refractivity contribution in [1.82, 2.24) is 5.32 Å². The lowest BCUT2D eigenvalue weighted by atomic mass is 9.89. The molecule has 0 fully saturated rings. The van der Waals surface area contributed by atoms with Crippen molar-refractivity contribution in [2.75, 3.05) is 26.4 Å². The summed E-state index contributed by atoms with van der Waals surface area (Å²) in [6, 6.07) is 20.0. The minimum Gasteiger partial charge on any atom is -0.494 e. The van der Waals surface area contributed by atoms with Gasteiger partial charge in [0.1, 0.15) is 12.4 Å². The molecule has 0 aliphatic carbocycles. The predicted octanol–water partition coefficient (Wildman–Crippen LogP) is 5.68. The van der Waals surface area contributed by atoms with E-state index in [0.717, 1.165) is 16.7 Å². The molecule has 0 bridgehead atoms. The standard InChI is InChI=1S/C29H29Cl2N5O4/c30-24-9-6-20(26(31)16-24)12-13-33-28(38)29(17-22-4-1-2-5-23(22)18-34-36-32)19-40-27(35-29)21-7-10-25(11-8-21)39-15-3-14-37/h1-2,4-11,16,37H,3,12-15,17-19H2,(H,33,38)/t29-/m1/s1. The van der Waals surface area contributed by atoms with Crippen LogP contribution >= 0.6 is 23.2 Å². The van der Waals surface area contributed by atoms with Gasteiger partial charge in [-0.3, -0.25) is 4.79 Å². The van der Waals surface area contributed by atoms with Gasteiger partial charge < -0.3 is 19.9 Å². The molecule has 0 saturated carbocycles. The Kier molecular flexibility index (Phi) is 10.3. The highest BCUT2D eigenvalue weighted by Gasteiger charge is 2.44. The molecule has 0 saturated heterocycles. The highest BCUT2D eigenvalue weighted by Crippen LogP contribution is 2.29. The van der Waals surface area contributed by atoms with Gasteiger partial charge in [-0.15, -0.1) is 0 Å². The van der Waals surface area contributed by atoms with Crippen LogP contribution < -0.4 is 10.1 Å². The maximum atomic E-state index is 13.7. The summed E-state index contributed by atoms with van der Waals surface area (Å²) < 4.78 is 11.6. The molecule has 0 aromatic heterocycles. The lowest BCUT2D eigenvalue weighted by molar-refractivity contribution is -0.126. The second-order valence-corrected chi connectivity index (χ2v) is 10.1. The van der Waals surface area contributed by atoms with Gasteiger partial charge in [0.2, 0.25) is 5.90 Å². The SMILES string of the molecule is [N-]=[N+]=NCc1ccccc1C[C@]1(C(=O)NCCc2ccc(Cl)cc2Cl)COC(c2ccc(OCCCO)cc2)=N1. The summed E-state index contributed by atoms with van der Waals surface area (Å²) >= 11 is 12.3. The van der Waals surface area contributed by atoms with Gasteiger partial charge in [-0.05, 0) is 65.0 Å². The van der Waals surface area contributed by atoms with Gasteiger partial charge in [-0.1, -0.05) is 58.6 Å². The number of ether oxygens (including phenoxy) is 2. The molecule has 1 amide bonds. The van der Waals surface area contributed by atoms with Crippen LogP contribution in [0.5, 0.6) is 5.75 Å². The number of carbonyl (C=O) groups is 1. The first-order chi connectivity index (χ1) is 19.4. The number of benzene rings is 3. The van der Waals surface area contributed by atoms with E-state index in [4.69, 9.17) is 48.3 Å². The quantitative estimate of drug-likeness (QED) is 0.116. The highest BCUT2D eigenvalue weighted by molar-refractivity contribution is 6.35. The monoisotopic (exact) mass is 581 g/mol. The molecule has 3 aromatic rings. The number of rotatable bonds is 13. The summed E-state index contributed by atoms with van der Waals surface area (Å²) in [5.41, 5.74) is 10.8. The highest BCUT2D eigenvalue weighted by atomic mass is 35.5. The van der Waals surface area contributed by atoms with Gasteiger partial charge >= 0.3 is 0 Å². The van der Waals surface area contributed by atoms with Crippen LogP contribution in [0.4, 0.5) is 0 Å². The number of hydrogen-bond donors (Lipinski definition) is 2. The Morgan fingerprint density at radius 2 is 1.90 bits per heavy atom. The van der Waals surface area contributed by atoms with Crippen molar-refractivity contribution >= 4 is 35.0 Å². The molecule has 4 rings (SSSR count). The molecule has 40 heavy (non-hydrogen) atoms. The number of aliphatic hydroxyl groups excluding tert-OH is 1. The van der Waals surface area contributed by atoms with Gasteiger partial charge in [0.25, 0.3) is 5.91 Å². The number of halogens is 2. The fourth-order valence-electron chi connectivity index (χ4n) is 4.34. The maximum Gasteiger partial charge on any atom is 0.251 e. The number of aliphatic hydroxyl groups is 1. The number of aliphatic imine (C=N–C) groups is 1. The van der Waals surface area contributed by atoms with Gasteiger partial charge in [-0.25, -0.2) is 4.99 Å². The van der Waals surface area contributed by atoms with Crippen molar-refractivity contribution in [2.45, 2.75) is 31.3 Å². The Hall–Kier alpha value is -3.75. The molecule has 9 nitrogen and oxygen atoms in total. The van der Waals surface area contributed by atoms with Crippen LogP contribution in [-0.4, -0.2) is 48.8 Å². The lowest BCUT2D eigenvalue weighted by Crippen LogP contribution is -2.49. The van der Waals surface area contributed by atoms with Gasteiger partial charge in [0.05, 0.1) is 13.2 Å². The first kappa shape index (κ1) is 29.2. The van der Waals surface area contributed by atoms with Crippen LogP contribution in [0, 0.1) is 0 Å². The van der Waals surface area contributed by atoms with Crippen LogP contribution in [-0.2, 0) is 28.9 Å². The first-order valence-corrected chi connectivity index (χ1v) is 13.6. The molecular weight excluding hydrogens is 553 g/mol. The van der Waals surface area contributed by atoms with E-state index in [9.17, 15) is 4.79 Å². The van der Waals surface area contributed by atoms with Crippen molar-refractivity contribution in [3.05, 3.63) is 109 Å². The van der Waals surface area contributed by atoms with E-state index in [1.807, 2.05) is 42.5 Å². The number of carbonyl (C=O) groups excluding carboxylic acids is 1. The van der Waals surface area contributed by atoms with E-state index in [-0.39, 0.29) is 32.1 Å². The fourth-order valence-corrected chi connectivity index (χ4v) is 4.84. The van der Waals surface area contributed by atoms with Gasteiger partial charge in [-0.2, -0.15) is 0 Å². The van der Waals surface area contributed by atoms with Crippen LogP contribution in [0.2, 0.25) is 10.0 Å². The molecule has 208 valence electrons. The third-order valence-corrected chi connectivity index (χ3v) is 7.05. The molecule has 3 aromatic carbocycles. The topological polar surface area (TPSA) is 129 Å². The minimum atomic E-state index is -1.23. The van der Waals surface area contributed by atoms with E-state index in [1.165, 1.54) is 0 Å². The van der Waals surface area contributed by atoms with Crippen LogP contribution in [0.15, 0.2) is 76.8 Å². The molecule has 1 aliphatic rings. The van der Waals surface area contributed by atoms with E-state index in [2.05, 4.69) is 15.3 Å². The molecule has 0 radical (unpaired) electrons. The number of nitrogens with one attached hydrogen (secondary N) is 1. The van der Waals surface area contributed by atoms with Crippen molar-refractivity contribution in [1.29, 1.82) is 0 Å². The Balaban J connectivity index is 1.57. The summed E-state index contributed by atoms with van der Waals surface area (Å²) in [6.45, 7) is 1.01. The van der Waals surface area contributed by atoms with E-state index < -0.39 is 5.54 Å². The third-order valence-electron chi connectivity index (χ3n) is 6.46. The zero-order valence-corrected chi connectivity index (χ0v) is 23.2. The van der Waals surface area contributed by atoms with Crippen molar-refractivity contribution in [3.8, 4) is 5.75 Å². The average molecular weight is 582 g/mol. The molecule has 1 aliphatic heterocycles. The summed E-state index contributed by atoms with van der Waals surface area (Å²) in [7, 11) is 0. The lowest BCUT2D eigenvalue weighted by Gasteiger charge is -2.24. The summed E-state index contributed by atoms with van der Waals surface area (Å²) in [6.07, 6.45) is 1.31. The minimum absolute atomic E-state index is 0.0421. The van der Waals surface area contributed by atoms with E-state index in [1.54, 1.807) is 24.3 Å². The second kappa shape index (κ2) is 14.1. The molecule has 2 N–H and O–H groups in total. The summed E-state index contributed by atoms with van der Waals surface area (Å²) in [5.74, 6) is 0.730. The summed E-state index contributed by atoms with van der Waals surface area (Å²) in [5, 5.41) is 16.7. The Morgan fingerprint density at radius 3 is 2.62 bits per heavy atom. The predicted molar refractivity (Wildman–Crippen MR) is 155 cm³/mol. The van der Waals surface area contributed by atoms with Crippen LogP contribution in [0.25, 0.3) is 10.4 Å². The second-order valence-electron chi connectivity index (χ2n) is 9.26. The molecule has 11 heteroatoms. The van der Waals surface area contributed by atoms with Gasteiger partial charge in [0, 0.05) is 46.5 Å². The number of amides is 1. The molecule has 1 atom stereocenters. The zero-order chi connectivity index (χ0) is 28.4. The van der Waals surface area contributed by atoms with Crippen LogP contribution in [0.3, 0.4) is 0 Å². The Labute approximate surface area is 242 Å².